The number of benzene rings is 3. The molecule has 3 aromatic carbocycles. The van der Waals surface area contributed by atoms with Crippen LogP contribution in [0, 0.1) is 0 Å². The van der Waals surface area contributed by atoms with Crippen LogP contribution in [0.5, 0.6) is 11.5 Å². The maximum Gasteiger partial charge on any atom is 0.416 e. The SMILES string of the molecule is CC(C)(COCc1cccc(Oc2ccc(Br)cc2)c1)c1cccc(C(F)(F)F)c1. The second-order valence-corrected chi connectivity index (χ2v) is 8.57. The van der Waals surface area contributed by atoms with Crippen LogP contribution in [-0.2, 0) is 22.9 Å². The lowest BCUT2D eigenvalue weighted by Crippen LogP contribution is -2.25. The second kappa shape index (κ2) is 9.23. The fraction of sp³-hybridized carbons (Fsp3) is 0.250. The van der Waals surface area contributed by atoms with Crippen LogP contribution in [0.4, 0.5) is 13.2 Å². The van der Waals surface area contributed by atoms with Crippen LogP contribution >= 0.6 is 15.9 Å². The van der Waals surface area contributed by atoms with Crippen molar-refractivity contribution in [3.8, 4) is 11.5 Å². The number of ether oxygens (including phenoxy) is 2. The number of hydrogen-bond acceptors (Lipinski definition) is 2. The lowest BCUT2D eigenvalue weighted by molar-refractivity contribution is -0.137. The molecule has 6 heteroatoms. The molecule has 0 saturated carbocycles. The zero-order chi connectivity index (χ0) is 21.8. The minimum absolute atomic E-state index is 0.284. The van der Waals surface area contributed by atoms with Gasteiger partial charge in [-0.15, -0.1) is 0 Å². The van der Waals surface area contributed by atoms with Gasteiger partial charge in [0.1, 0.15) is 11.5 Å². The molecule has 2 nitrogen and oxygen atoms in total. The zero-order valence-corrected chi connectivity index (χ0v) is 18.3. The van der Waals surface area contributed by atoms with E-state index in [0.717, 1.165) is 21.9 Å². The molecule has 0 N–H and O–H groups in total. The smallest absolute Gasteiger partial charge is 0.416 e. The van der Waals surface area contributed by atoms with Gasteiger partial charge < -0.3 is 9.47 Å². The fourth-order valence-corrected chi connectivity index (χ4v) is 3.23. The normalized spacial score (nSPS) is 12.1. The number of rotatable bonds is 7. The molecule has 0 atom stereocenters. The van der Waals surface area contributed by atoms with Crippen LogP contribution < -0.4 is 4.74 Å². The predicted octanol–water partition coefficient (Wildman–Crippen LogP) is 7.75. The van der Waals surface area contributed by atoms with E-state index >= 15 is 0 Å². The summed E-state index contributed by atoms with van der Waals surface area (Å²) in [4.78, 5) is 0. The van der Waals surface area contributed by atoms with Crippen LogP contribution in [0.3, 0.4) is 0 Å². The maximum absolute atomic E-state index is 13.0. The molecule has 0 unspecified atom stereocenters. The Morgan fingerprint density at radius 1 is 0.800 bits per heavy atom. The third-order valence-corrected chi connectivity index (χ3v) is 5.18. The highest BCUT2D eigenvalue weighted by Crippen LogP contribution is 2.33. The summed E-state index contributed by atoms with van der Waals surface area (Å²) < 4.78 is 51.7. The second-order valence-electron chi connectivity index (χ2n) is 7.66. The van der Waals surface area contributed by atoms with Gasteiger partial charge in [-0.3, -0.25) is 0 Å². The van der Waals surface area contributed by atoms with Crippen molar-refractivity contribution in [2.24, 2.45) is 0 Å². The van der Waals surface area contributed by atoms with E-state index in [1.165, 1.54) is 12.1 Å². The van der Waals surface area contributed by atoms with Crippen molar-refractivity contribution in [3.63, 3.8) is 0 Å². The Morgan fingerprint density at radius 3 is 2.17 bits per heavy atom. The first kappa shape index (κ1) is 22.4. The standard InChI is InChI=1S/C24H22BrF3O2/c1-23(2,18-6-4-7-19(14-18)24(26,27)28)16-29-15-17-5-3-8-22(13-17)30-21-11-9-20(25)10-12-21/h3-14H,15-16H2,1-2H3. The first-order valence-corrected chi connectivity index (χ1v) is 10.2. The van der Waals surface area contributed by atoms with Crippen molar-refractivity contribution in [1.29, 1.82) is 0 Å². The molecule has 158 valence electrons. The van der Waals surface area contributed by atoms with Crippen molar-refractivity contribution in [3.05, 3.63) is 94.0 Å². The van der Waals surface area contributed by atoms with Crippen LogP contribution in [0.1, 0.15) is 30.5 Å². The van der Waals surface area contributed by atoms with E-state index in [1.807, 2.05) is 62.4 Å². The molecule has 3 aromatic rings. The summed E-state index contributed by atoms with van der Waals surface area (Å²) in [6, 6.07) is 20.5. The van der Waals surface area contributed by atoms with Crippen molar-refractivity contribution in [2.45, 2.75) is 32.0 Å². The topological polar surface area (TPSA) is 18.5 Å². The highest BCUT2D eigenvalue weighted by atomic mass is 79.9. The molecule has 0 spiro atoms. The lowest BCUT2D eigenvalue weighted by atomic mass is 9.84. The van der Waals surface area contributed by atoms with E-state index in [4.69, 9.17) is 9.47 Å². The van der Waals surface area contributed by atoms with Crippen molar-refractivity contribution >= 4 is 15.9 Å². The lowest BCUT2D eigenvalue weighted by Gasteiger charge is -2.26. The fourth-order valence-electron chi connectivity index (χ4n) is 2.96. The number of alkyl halides is 3. The molecular formula is C24H22BrF3O2. The molecule has 0 fully saturated rings. The van der Waals surface area contributed by atoms with Crippen LogP contribution in [0.15, 0.2) is 77.3 Å². The van der Waals surface area contributed by atoms with E-state index < -0.39 is 17.2 Å². The first-order valence-electron chi connectivity index (χ1n) is 9.41. The summed E-state index contributed by atoms with van der Waals surface area (Å²) in [6.45, 7) is 4.36. The van der Waals surface area contributed by atoms with Gasteiger partial charge in [-0.1, -0.05) is 60.1 Å². The molecule has 0 aliphatic heterocycles. The summed E-state index contributed by atoms with van der Waals surface area (Å²) in [5.41, 5.74) is 0.298. The van der Waals surface area contributed by atoms with Crippen LogP contribution in [0.25, 0.3) is 0 Å². The summed E-state index contributed by atoms with van der Waals surface area (Å²) >= 11 is 3.39. The predicted molar refractivity (Wildman–Crippen MR) is 115 cm³/mol. The molecule has 30 heavy (non-hydrogen) atoms. The highest BCUT2D eigenvalue weighted by Gasteiger charge is 2.32. The number of hydrogen-bond donors (Lipinski definition) is 0. The van der Waals surface area contributed by atoms with E-state index in [9.17, 15) is 13.2 Å². The highest BCUT2D eigenvalue weighted by molar-refractivity contribution is 9.10. The largest absolute Gasteiger partial charge is 0.457 e. The Bertz CT molecular complexity index is 982. The Kier molecular flexibility index (Phi) is 6.88. The third kappa shape index (κ3) is 6.09. The summed E-state index contributed by atoms with van der Waals surface area (Å²) in [7, 11) is 0. The van der Waals surface area contributed by atoms with E-state index in [0.29, 0.717) is 17.9 Å². The maximum atomic E-state index is 13.0. The van der Waals surface area contributed by atoms with Crippen molar-refractivity contribution < 1.29 is 22.6 Å². The minimum atomic E-state index is -4.36. The van der Waals surface area contributed by atoms with Gasteiger partial charge in [-0.05, 0) is 53.6 Å². The monoisotopic (exact) mass is 478 g/mol. The molecule has 0 amide bonds. The molecular weight excluding hydrogens is 457 g/mol. The quantitative estimate of drug-likeness (QED) is 0.345. The average Bonchev–Trinajstić information content (AvgIpc) is 2.69. The molecule has 0 aromatic heterocycles. The van der Waals surface area contributed by atoms with E-state index in [-0.39, 0.29) is 6.61 Å². The zero-order valence-electron chi connectivity index (χ0n) is 16.7. The molecule has 3 rings (SSSR count). The Labute approximate surface area is 182 Å². The van der Waals surface area contributed by atoms with Gasteiger partial charge in [-0.25, -0.2) is 0 Å². The third-order valence-electron chi connectivity index (χ3n) is 4.65. The Balaban J connectivity index is 1.61. The minimum Gasteiger partial charge on any atom is -0.457 e. The molecule has 0 saturated heterocycles. The Morgan fingerprint density at radius 2 is 1.47 bits per heavy atom. The van der Waals surface area contributed by atoms with Gasteiger partial charge in [-0.2, -0.15) is 13.2 Å². The van der Waals surface area contributed by atoms with Gasteiger partial charge in [0.05, 0.1) is 18.8 Å². The van der Waals surface area contributed by atoms with Gasteiger partial charge >= 0.3 is 6.18 Å². The van der Waals surface area contributed by atoms with Crippen molar-refractivity contribution in [2.75, 3.05) is 6.61 Å². The van der Waals surface area contributed by atoms with Gasteiger partial charge in [0, 0.05) is 9.89 Å². The van der Waals surface area contributed by atoms with Gasteiger partial charge in [0.25, 0.3) is 0 Å². The first-order chi connectivity index (χ1) is 14.1. The number of halogens is 4. The summed E-state index contributed by atoms with van der Waals surface area (Å²) in [5.74, 6) is 1.41. The summed E-state index contributed by atoms with van der Waals surface area (Å²) in [6.07, 6.45) is -4.36. The van der Waals surface area contributed by atoms with Gasteiger partial charge in [0.2, 0.25) is 0 Å². The summed E-state index contributed by atoms with van der Waals surface area (Å²) in [5, 5.41) is 0. The molecule has 0 radical (unpaired) electrons. The van der Waals surface area contributed by atoms with E-state index in [2.05, 4.69) is 15.9 Å². The molecule has 0 aliphatic carbocycles. The molecule has 0 bridgehead atoms. The van der Waals surface area contributed by atoms with Crippen molar-refractivity contribution in [1.82, 2.24) is 0 Å². The molecule has 0 aliphatic rings. The van der Waals surface area contributed by atoms with Crippen LogP contribution in [-0.4, -0.2) is 6.61 Å². The molecule has 0 heterocycles. The average molecular weight is 479 g/mol. The van der Waals surface area contributed by atoms with E-state index in [1.54, 1.807) is 6.07 Å². The Hall–Kier alpha value is -2.31. The van der Waals surface area contributed by atoms with Crippen LogP contribution in [0.2, 0.25) is 0 Å². The van der Waals surface area contributed by atoms with Gasteiger partial charge in [0.15, 0.2) is 0 Å².